The van der Waals surface area contributed by atoms with Crippen molar-refractivity contribution in [3.8, 4) is 0 Å². The van der Waals surface area contributed by atoms with Gasteiger partial charge < -0.3 is 10.0 Å². The van der Waals surface area contributed by atoms with Crippen molar-refractivity contribution >= 4 is 5.97 Å². The van der Waals surface area contributed by atoms with Crippen LogP contribution in [-0.2, 0) is 4.79 Å². The Balaban J connectivity index is 2.16. The lowest BCUT2D eigenvalue weighted by molar-refractivity contribution is -0.138. The summed E-state index contributed by atoms with van der Waals surface area (Å²) in [4.78, 5) is 12.7. The molecule has 0 bridgehead atoms. The smallest absolute Gasteiger partial charge is 0.303 e. The molecule has 1 atom stereocenters. The maximum atomic E-state index is 10.4. The molecular weight excluding hydrogens is 166 g/mol. The highest BCUT2D eigenvalue weighted by Crippen LogP contribution is 2.29. The third-order valence-corrected chi connectivity index (χ3v) is 2.40. The van der Waals surface area contributed by atoms with Crippen LogP contribution < -0.4 is 0 Å². The maximum Gasteiger partial charge on any atom is 0.303 e. The van der Waals surface area contributed by atoms with Crippen molar-refractivity contribution in [2.45, 2.75) is 27.2 Å². The van der Waals surface area contributed by atoms with E-state index in [0.29, 0.717) is 5.41 Å². The highest BCUT2D eigenvalue weighted by Gasteiger charge is 2.34. The molecule has 1 aliphatic rings. The van der Waals surface area contributed by atoms with Crippen molar-refractivity contribution in [1.29, 1.82) is 0 Å². The third-order valence-electron chi connectivity index (χ3n) is 2.40. The van der Waals surface area contributed by atoms with Gasteiger partial charge in [-0.1, -0.05) is 20.8 Å². The van der Waals surface area contributed by atoms with E-state index in [2.05, 4.69) is 18.7 Å². The van der Waals surface area contributed by atoms with Crippen molar-refractivity contribution in [2.24, 2.45) is 11.3 Å². The van der Waals surface area contributed by atoms with Gasteiger partial charge >= 0.3 is 5.97 Å². The van der Waals surface area contributed by atoms with Crippen LogP contribution in [0, 0.1) is 11.3 Å². The van der Waals surface area contributed by atoms with Gasteiger partial charge in [0.1, 0.15) is 0 Å². The molecule has 3 nitrogen and oxygen atoms in total. The van der Waals surface area contributed by atoms with Gasteiger partial charge in [-0.25, -0.2) is 0 Å². The molecule has 13 heavy (non-hydrogen) atoms. The van der Waals surface area contributed by atoms with Crippen LogP contribution in [0.25, 0.3) is 0 Å². The lowest BCUT2D eigenvalue weighted by atomic mass is 9.84. The summed E-state index contributed by atoms with van der Waals surface area (Å²) in [5.74, 6) is -0.416. The summed E-state index contributed by atoms with van der Waals surface area (Å²) in [5, 5.41) is 8.57. The first-order chi connectivity index (χ1) is 5.89. The number of rotatable bonds is 4. The Kier molecular flexibility index (Phi) is 2.96. The standard InChI is InChI=1S/C10H19NO2/c1-8(4-9(12)13)5-11-6-10(2,3)7-11/h8H,4-7H2,1-3H3,(H,12,13). The highest BCUT2D eigenvalue weighted by molar-refractivity contribution is 5.66. The van der Waals surface area contributed by atoms with E-state index in [1.54, 1.807) is 0 Å². The van der Waals surface area contributed by atoms with E-state index in [4.69, 9.17) is 5.11 Å². The van der Waals surface area contributed by atoms with Crippen molar-refractivity contribution in [2.75, 3.05) is 19.6 Å². The molecular formula is C10H19NO2. The number of carboxylic acids is 1. The van der Waals surface area contributed by atoms with Crippen LogP contribution in [0.5, 0.6) is 0 Å². The molecule has 0 aromatic heterocycles. The lowest BCUT2D eigenvalue weighted by Gasteiger charge is -2.46. The molecule has 1 N–H and O–H groups in total. The summed E-state index contributed by atoms with van der Waals surface area (Å²) in [6.45, 7) is 9.62. The highest BCUT2D eigenvalue weighted by atomic mass is 16.4. The summed E-state index contributed by atoms with van der Waals surface area (Å²) >= 11 is 0. The lowest BCUT2D eigenvalue weighted by Crippen LogP contribution is -2.54. The van der Waals surface area contributed by atoms with Gasteiger partial charge in [0.25, 0.3) is 0 Å². The third kappa shape index (κ3) is 3.35. The minimum absolute atomic E-state index is 0.272. The minimum atomic E-state index is -0.688. The number of aliphatic carboxylic acids is 1. The Morgan fingerprint density at radius 2 is 2.08 bits per heavy atom. The number of carboxylic acid groups (broad SMARTS) is 1. The second-order valence-corrected chi connectivity index (χ2v) is 5.04. The van der Waals surface area contributed by atoms with Gasteiger partial charge in [0.05, 0.1) is 0 Å². The molecule has 76 valence electrons. The fourth-order valence-electron chi connectivity index (χ4n) is 2.10. The average molecular weight is 185 g/mol. The van der Waals surface area contributed by atoms with Crippen molar-refractivity contribution in [3.05, 3.63) is 0 Å². The fourth-order valence-corrected chi connectivity index (χ4v) is 2.10. The van der Waals surface area contributed by atoms with Crippen molar-refractivity contribution in [3.63, 3.8) is 0 Å². The van der Waals surface area contributed by atoms with Gasteiger partial charge in [0.15, 0.2) is 0 Å². The molecule has 1 saturated heterocycles. The first-order valence-electron chi connectivity index (χ1n) is 4.83. The number of hydrogen-bond acceptors (Lipinski definition) is 2. The van der Waals surface area contributed by atoms with E-state index < -0.39 is 5.97 Å². The van der Waals surface area contributed by atoms with E-state index in [0.717, 1.165) is 19.6 Å². The van der Waals surface area contributed by atoms with E-state index in [1.807, 2.05) is 6.92 Å². The molecule has 1 heterocycles. The van der Waals surface area contributed by atoms with Gasteiger partial charge in [-0.05, 0) is 11.3 Å². The number of hydrogen-bond donors (Lipinski definition) is 1. The molecule has 1 unspecified atom stereocenters. The molecule has 0 saturated carbocycles. The Labute approximate surface area is 79.7 Å². The zero-order chi connectivity index (χ0) is 10.1. The van der Waals surface area contributed by atoms with Crippen LogP contribution >= 0.6 is 0 Å². The van der Waals surface area contributed by atoms with E-state index in [-0.39, 0.29) is 12.3 Å². The summed E-state index contributed by atoms with van der Waals surface area (Å²) in [6, 6.07) is 0. The van der Waals surface area contributed by atoms with Crippen LogP contribution in [-0.4, -0.2) is 35.6 Å². The van der Waals surface area contributed by atoms with E-state index >= 15 is 0 Å². The van der Waals surface area contributed by atoms with Gasteiger partial charge in [-0.2, -0.15) is 0 Å². The van der Waals surface area contributed by atoms with Crippen molar-refractivity contribution < 1.29 is 9.90 Å². The molecule has 0 aromatic carbocycles. The zero-order valence-corrected chi connectivity index (χ0v) is 8.71. The number of carbonyl (C=O) groups is 1. The monoisotopic (exact) mass is 185 g/mol. The first kappa shape index (κ1) is 10.5. The van der Waals surface area contributed by atoms with Crippen molar-refractivity contribution in [1.82, 2.24) is 4.90 Å². The first-order valence-corrected chi connectivity index (χ1v) is 4.83. The second-order valence-electron chi connectivity index (χ2n) is 5.04. The van der Waals surface area contributed by atoms with Gasteiger partial charge in [0, 0.05) is 26.1 Å². The quantitative estimate of drug-likeness (QED) is 0.720. The maximum absolute atomic E-state index is 10.4. The predicted octanol–water partition coefficient (Wildman–Crippen LogP) is 1.44. The molecule has 0 spiro atoms. The fraction of sp³-hybridized carbons (Fsp3) is 0.900. The summed E-state index contributed by atoms with van der Waals surface area (Å²) in [6.07, 6.45) is 0.289. The van der Waals surface area contributed by atoms with Crippen LogP contribution in [0.1, 0.15) is 27.2 Å². The molecule has 3 heteroatoms. The van der Waals surface area contributed by atoms with Gasteiger partial charge in [-0.15, -0.1) is 0 Å². The van der Waals surface area contributed by atoms with Crippen LogP contribution in [0.3, 0.4) is 0 Å². The van der Waals surface area contributed by atoms with Crippen LogP contribution in [0.4, 0.5) is 0 Å². The Morgan fingerprint density at radius 3 is 2.46 bits per heavy atom. The Morgan fingerprint density at radius 1 is 1.54 bits per heavy atom. The van der Waals surface area contributed by atoms with Crippen LogP contribution in [0.15, 0.2) is 0 Å². The van der Waals surface area contributed by atoms with Crippen LogP contribution in [0.2, 0.25) is 0 Å². The molecule has 0 aliphatic carbocycles. The largest absolute Gasteiger partial charge is 0.481 e. The van der Waals surface area contributed by atoms with E-state index in [9.17, 15) is 4.79 Å². The predicted molar refractivity (Wildman–Crippen MR) is 51.6 cm³/mol. The molecule has 1 fully saturated rings. The summed E-state index contributed by atoms with van der Waals surface area (Å²) in [7, 11) is 0. The van der Waals surface area contributed by atoms with Gasteiger partial charge in [0.2, 0.25) is 0 Å². The Bertz CT molecular complexity index is 193. The number of nitrogens with zero attached hydrogens (tertiary/aromatic N) is 1. The average Bonchev–Trinajstić information content (AvgIpc) is 1.79. The summed E-state index contributed by atoms with van der Waals surface area (Å²) < 4.78 is 0. The minimum Gasteiger partial charge on any atom is -0.481 e. The van der Waals surface area contributed by atoms with Gasteiger partial charge in [-0.3, -0.25) is 4.79 Å². The topological polar surface area (TPSA) is 40.5 Å². The number of likely N-dealkylation sites (tertiary alicyclic amines) is 1. The molecule has 0 aromatic rings. The molecule has 0 amide bonds. The Hall–Kier alpha value is -0.570. The summed E-state index contributed by atoms with van der Waals surface area (Å²) in [5.41, 5.74) is 0.447. The van der Waals surface area contributed by atoms with E-state index in [1.165, 1.54) is 0 Å². The molecule has 0 radical (unpaired) electrons. The molecule has 1 aliphatic heterocycles. The second kappa shape index (κ2) is 3.66. The normalized spacial score (nSPS) is 23.6. The molecule has 1 rings (SSSR count). The SMILES string of the molecule is CC(CC(=O)O)CN1CC(C)(C)C1. The zero-order valence-electron chi connectivity index (χ0n) is 8.71.